The Labute approximate surface area is 133 Å². The minimum absolute atomic E-state index is 0.752. The average Bonchev–Trinajstić information content (AvgIpc) is 3.14. The lowest BCUT2D eigenvalue weighted by Gasteiger charge is -2.30. The van der Waals surface area contributed by atoms with E-state index in [9.17, 15) is 0 Å². The summed E-state index contributed by atoms with van der Waals surface area (Å²) in [4.78, 5) is 9.94. The van der Waals surface area contributed by atoms with Gasteiger partial charge in [-0.25, -0.2) is 0 Å². The molecule has 120 valence electrons. The highest BCUT2D eigenvalue weighted by Crippen LogP contribution is 2.33. The summed E-state index contributed by atoms with van der Waals surface area (Å²) in [5, 5.41) is 0. The zero-order chi connectivity index (χ0) is 14.8. The van der Waals surface area contributed by atoms with Gasteiger partial charge in [-0.1, -0.05) is 6.07 Å². The Morgan fingerprint density at radius 2 is 1.77 bits per heavy atom. The van der Waals surface area contributed by atoms with Gasteiger partial charge in [0.25, 0.3) is 0 Å². The number of nitrogens with zero attached hydrogens (tertiary/aromatic N) is 3. The Kier molecular flexibility index (Phi) is 4.42. The SMILES string of the molecule is c1ccc(CN2CC[C@@H]3[C@@H]2CCN3CC2CCOCC2)nc1. The second kappa shape index (κ2) is 6.65. The van der Waals surface area contributed by atoms with Gasteiger partial charge < -0.3 is 4.74 Å². The summed E-state index contributed by atoms with van der Waals surface area (Å²) in [6.07, 6.45) is 7.09. The fourth-order valence-corrected chi connectivity index (χ4v) is 4.55. The van der Waals surface area contributed by atoms with Crippen LogP contribution in [0.15, 0.2) is 24.4 Å². The Bertz CT molecular complexity index is 474. The van der Waals surface area contributed by atoms with Crippen molar-refractivity contribution in [1.82, 2.24) is 14.8 Å². The van der Waals surface area contributed by atoms with Gasteiger partial charge >= 0.3 is 0 Å². The fourth-order valence-electron chi connectivity index (χ4n) is 4.55. The van der Waals surface area contributed by atoms with Gasteiger partial charge in [0.15, 0.2) is 0 Å². The first-order valence-corrected chi connectivity index (χ1v) is 8.86. The van der Waals surface area contributed by atoms with Gasteiger partial charge in [0, 0.05) is 57.7 Å². The summed E-state index contributed by atoms with van der Waals surface area (Å²) in [6, 6.07) is 7.79. The van der Waals surface area contributed by atoms with Gasteiger partial charge in [-0.2, -0.15) is 0 Å². The quantitative estimate of drug-likeness (QED) is 0.852. The molecule has 22 heavy (non-hydrogen) atoms. The molecule has 1 aromatic rings. The largest absolute Gasteiger partial charge is 0.381 e. The summed E-state index contributed by atoms with van der Waals surface area (Å²) in [6.45, 7) is 6.77. The van der Waals surface area contributed by atoms with Crippen LogP contribution in [0.1, 0.15) is 31.4 Å². The molecule has 3 saturated heterocycles. The van der Waals surface area contributed by atoms with E-state index in [1.165, 1.54) is 51.0 Å². The van der Waals surface area contributed by atoms with E-state index < -0.39 is 0 Å². The molecule has 0 aromatic carbocycles. The van der Waals surface area contributed by atoms with Crippen molar-refractivity contribution in [2.45, 2.75) is 44.3 Å². The van der Waals surface area contributed by atoms with Crippen LogP contribution < -0.4 is 0 Å². The van der Waals surface area contributed by atoms with Crippen molar-refractivity contribution >= 4 is 0 Å². The lowest BCUT2D eigenvalue weighted by atomic mass is 9.99. The van der Waals surface area contributed by atoms with Crippen molar-refractivity contribution in [1.29, 1.82) is 0 Å². The molecule has 2 atom stereocenters. The molecule has 0 amide bonds. The smallest absolute Gasteiger partial charge is 0.0544 e. The molecular formula is C18H27N3O. The zero-order valence-corrected chi connectivity index (χ0v) is 13.4. The molecule has 4 heterocycles. The number of ether oxygens (including phenoxy) is 1. The molecule has 0 unspecified atom stereocenters. The van der Waals surface area contributed by atoms with E-state index in [0.29, 0.717) is 0 Å². The number of hydrogen-bond acceptors (Lipinski definition) is 4. The second-order valence-electron chi connectivity index (χ2n) is 7.05. The van der Waals surface area contributed by atoms with E-state index in [1.54, 1.807) is 0 Å². The molecule has 0 aliphatic carbocycles. The number of fused-ring (bicyclic) bond motifs is 1. The number of rotatable bonds is 4. The zero-order valence-electron chi connectivity index (χ0n) is 13.4. The third-order valence-corrected chi connectivity index (χ3v) is 5.73. The summed E-state index contributed by atoms with van der Waals surface area (Å²) in [5.41, 5.74) is 1.21. The summed E-state index contributed by atoms with van der Waals surface area (Å²) < 4.78 is 5.50. The van der Waals surface area contributed by atoms with Crippen molar-refractivity contribution < 1.29 is 4.74 Å². The van der Waals surface area contributed by atoms with E-state index in [2.05, 4.69) is 26.9 Å². The van der Waals surface area contributed by atoms with Crippen LogP contribution in [0.3, 0.4) is 0 Å². The van der Waals surface area contributed by atoms with Crippen LogP contribution in [0.2, 0.25) is 0 Å². The van der Waals surface area contributed by atoms with Crippen molar-refractivity contribution in [2.24, 2.45) is 5.92 Å². The summed E-state index contributed by atoms with van der Waals surface area (Å²) >= 11 is 0. The highest BCUT2D eigenvalue weighted by molar-refractivity contribution is 5.06. The van der Waals surface area contributed by atoms with E-state index in [4.69, 9.17) is 4.74 Å². The lowest BCUT2D eigenvalue weighted by Crippen LogP contribution is -2.39. The van der Waals surface area contributed by atoms with Crippen LogP contribution in [-0.4, -0.2) is 59.7 Å². The molecule has 0 N–H and O–H groups in total. The Hall–Kier alpha value is -0.970. The molecule has 4 rings (SSSR count). The van der Waals surface area contributed by atoms with Gasteiger partial charge in [-0.15, -0.1) is 0 Å². The maximum Gasteiger partial charge on any atom is 0.0544 e. The maximum absolute atomic E-state index is 5.50. The molecule has 3 aliphatic rings. The average molecular weight is 301 g/mol. The second-order valence-corrected chi connectivity index (χ2v) is 7.05. The molecule has 0 radical (unpaired) electrons. The number of likely N-dealkylation sites (tertiary alicyclic amines) is 2. The van der Waals surface area contributed by atoms with Crippen LogP contribution >= 0.6 is 0 Å². The van der Waals surface area contributed by atoms with Crippen molar-refractivity contribution in [3.63, 3.8) is 0 Å². The van der Waals surface area contributed by atoms with E-state index in [1.807, 2.05) is 12.3 Å². The first-order valence-electron chi connectivity index (χ1n) is 8.86. The number of hydrogen-bond donors (Lipinski definition) is 0. The van der Waals surface area contributed by atoms with Gasteiger partial charge in [0.05, 0.1) is 5.69 Å². The minimum Gasteiger partial charge on any atom is -0.381 e. The molecule has 3 fully saturated rings. The normalized spacial score (nSPS) is 30.7. The van der Waals surface area contributed by atoms with Gasteiger partial charge in [0.1, 0.15) is 0 Å². The molecule has 1 aromatic heterocycles. The topological polar surface area (TPSA) is 28.6 Å². The highest BCUT2D eigenvalue weighted by atomic mass is 16.5. The predicted molar refractivity (Wildman–Crippen MR) is 86.6 cm³/mol. The standard InChI is InChI=1S/C18H27N3O/c1-2-8-19-16(3-1)14-21-10-5-17-18(21)4-9-20(17)13-15-6-11-22-12-7-15/h1-3,8,15,17-18H,4-7,9-14H2/t17-,18+/m1/s1. The van der Waals surface area contributed by atoms with Crippen molar-refractivity contribution in [3.8, 4) is 0 Å². The summed E-state index contributed by atoms with van der Waals surface area (Å²) in [7, 11) is 0. The first-order chi connectivity index (χ1) is 10.9. The molecule has 4 heteroatoms. The van der Waals surface area contributed by atoms with Crippen LogP contribution in [0.5, 0.6) is 0 Å². The van der Waals surface area contributed by atoms with Crippen LogP contribution in [0.25, 0.3) is 0 Å². The van der Waals surface area contributed by atoms with Crippen LogP contribution in [0.4, 0.5) is 0 Å². The summed E-state index contributed by atoms with van der Waals surface area (Å²) in [5.74, 6) is 0.859. The fraction of sp³-hybridized carbons (Fsp3) is 0.722. The Morgan fingerprint density at radius 3 is 2.55 bits per heavy atom. The Morgan fingerprint density at radius 1 is 1.00 bits per heavy atom. The van der Waals surface area contributed by atoms with Gasteiger partial charge in [0.2, 0.25) is 0 Å². The monoisotopic (exact) mass is 301 g/mol. The van der Waals surface area contributed by atoms with E-state index >= 15 is 0 Å². The molecule has 4 nitrogen and oxygen atoms in total. The third-order valence-electron chi connectivity index (χ3n) is 5.73. The van der Waals surface area contributed by atoms with Crippen LogP contribution in [0, 0.1) is 5.92 Å². The molecule has 0 saturated carbocycles. The van der Waals surface area contributed by atoms with E-state index in [0.717, 1.165) is 37.8 Å². The number of aromatic nitrogens is 1. The highest BCUT2D eigenvalue weighted by Gasteiger charge is 2.42. The molecule has 3 aliphatic heterocycles. The lowest BCUT2D eigenvalue weighted by molar-refractivity contribution is 0.0504. The minimum atomic E-state index is 0.752. The predicted octanol–water partition coefficient (Wildman–Crippen LogP) is 2.16. The molecule has 0 bridgehead atoms. The first kappa shape index (κ1) is 14.6. The Balaban J connectivity index is 1.35. The maximum atomic E-state index is 5.50. The van der Waals surface area contributed by atoms with Crippen molar-refractivity contribution in [2.75, 3.05) is 32.8 Å². The van der Waals surface area contributed by atoms with Crippen LogP contribution in [-0.2, 0) is 11.3 Å². The molecular weight excluding hydrogens is 274 g/mol. The van der Waals surface area contributed by atoms with Gasteiger partial charge in [-0.05, 0) is 43.7 Å². The van der Waals surface area contributed by atoms with E-state index in [-0.39, 0.29) is 0 Å². The van der Waals surface area contributed by atoms with Gasteiger partial charge in [-0.3, -0.25) is 14.8 Å². The third kappa shape index (κ3) is 3.05. The molecule has 0 spiro atoms. The van der Waals surface area contributed by atoms with Crippen molar-refractivity contribution in [3.05, 3.63) is 30.1 Å². The number of pyridine rings is 1.